The van der Waals surface area contributed by atoms with Crippen molar-refractivity contribution in [2.45, 2.75) is 24.3 Å². The van der Waals surface area contributed by atoms with Crippen molar-refractivity contribution in [2.24, 2.45) is 0 Å². The fraction of sp³-hybridized carbons (Fsp3) is 0.500. The number of ether oxygens (including phenoxy) is 2. The Morgan fingerprint density at radius 3 is 2.68 bits per heavy atom. The number of carbonyl (C=O) groups is 1. The molecule has 1 saturated heterocycles. The third kappa shape index (κ3) is 3.83. The Labute approximate surface area is 122 Å². The van der Waals surface area contributed by atoms with Gasteiger partial charge in [0.15, 0.2) is 11.5 Å². The predicted octanol–water partition coefficient (Wildman–Crippen LogP) is 3.88. The minimum absolute atomic E-state index is 0.210. The molecule has 104 valence electrons. The van der Waals surface area contributed by atoms with Gasteiger partial charge in [-0.25, -0.2) is 0 Å². The molecule has 0 unspecified atom stereocenters. The SMILES string of the molecule is CCCC(=O)Oc1ccc(C2SCCS2)cc1OC. The minimum Gasteiger partial charge on any atom is -0.493 e. The van der Waals surface area contributed by atoms with Crippen LogP contribution in [0.25, 0.3) is 0 Å². The summed E-state index contributed by atoms with van der Waals surface area (Å²) in [4.78, 5) is 11.5. The fourth-order valence-electron chi connectivity index (χ4n) is 1.84. The van der Waals surface area contributed by atoms with E-state index in [-0.39, 0.29) is 5.97 Å². The molecule has 19 heavy (non-hydrogen) atoms. The van der Waals surface area contributed by atoms with Crippen LogP contribution in [-0.2, 0) is 4.79 Å². The van der Waals surface area contributed by atoms with Crippen LogP contribution in [0.2, 0.25) is 0 Å². The molecule has 0 saturated carbocycles. The Balaban J connectivity index is 2.13. The van der Waals surface area contributed by atoms with Crippen LogP contribution in [0, 0.1) is 0 Å². The van der Waals surface area contributed by atoms with Gasteiger partial charge in [-0.2, -0.15) is 0 Å². The van der Waals surface area contributed by atoms with E-state index in [0.29, 0.717) is 22.5 Å². The lowest BCUT2D eigenvalue weighted by Crippen LogP contribution is -2.08. The average molecular weight is 298 g/mol. The van der Waals surface area contributed by atoms with Crippen LogP contribution < -0.4 is 9.47 Å². The molecule has 0 radical (unpaired) electrons. The molecule has 1 aromatic carbocycles. The molecule has 1 fully saturated rings. The van der Waals surface area contributed by atoms with E-state index in [1.54, 1.807) is 7.11 Å². The number of rotatable bonds is 5. The van der Waals surface area contributed by atoms with Crippen LogP contribution >= 0.6 is 23.5 Å². The highest BCUT2D eigenvalue weighted by molar-refractivity contribution is 8.19. The monoisotopic (exact) mass is 298 g/mol. The van der Waals surface area contributed by atoms with Gasteiger partial charge in [-0.1, -0.05) is 13.0 Å². The van der Waals surface area contributed by atoms with Crippen LogP contribution in [0.15, 0.2) is 18.2 Å². The summed E-state index contributed by atoms with van der Waals surface area (Å²) in [5.74, 6) is 3.31. The molecule has 5 heteroatoms. The zero-order chi connectivity index (χ0) is 13.7. The zero-order valence-electron chi connectivity index (χ0n) is 11.2. The number of hydrogen-bond donors (Lipinski definition) is 0. The van der Waals surface area contributed by atoms with Crippen molar-refractivity contribution in [1.82, 2.24) is 0 Å². The molecule has 1 aliphatic heterocycles. The van der Waals surface area contributed by atoms with Gasteiger partial charge in [0.2, 0.25) is 0 Å². The summed E-state index contributed by atoms with van der Waals surface area (Å²) in [5, 5.41) is 0. The van der Waals surface area contributed by atoms with Crippen LogP contribution in [0.1, 0.15) is 29.9 Å². The van der Waals surface area contributed by atoms with Crippen molar-refractivity contribution in [3.05, 3.63) is 23.8 Å². The van der Waals surface area contributed by atoms with Crippen molar-refractivity contribution in [3.8, 4) is 11.5 Å². The lowest BCUT2D eigenvalue weighted by Gasteiger charge is -2.13. The largest absolute Gasteiger partial charge is 0.493 e. The summed E-state index contributed by atoms with van der Waals surface area (Å²) in [6.07, 6.45) is 1.22. The summed E-state index contributed by atoms with van der Waals surface area (Å²) in [5.41, 5.74) is 1.22. The number of benzene rings is 1. The van der Waals surface area contributed by atoms with Gasteiger partial charge >= 0.3 is 5.97 Å². The first-order valence-corrected chi connectivity index (χ1v) is 8.46. The highest BCUT2D eigenvalue weighted by atomic mass is 32.2. The van der Waals surface area contributed by atoms with Crippen LogP contribution in [0.5, 0.6) is 11.5 Å². The number of carbonyl (C=O) groups excluding carboxylic acids is 1. The Kier molecular flexibility index (Phi) is 5.45. The lowest BCUT2D eigenvalue weighted by molar-refractivity contribution is -0.134. The third-order valence-corrected chi connectivity index (χ3v) is 5.86. The molecule has 0 atom stereocenters. The Hall–Kier alpha value is -0.810. The van der Waals surface area contributed by atoms with E-state index >= 15 is 0 Å². The molecule has 1 aliphatic rings. The second-order valence-corrected chi connectivity index (χ2v) is 6.93. The normalized spacial score (nSPS) is 15.5. The molecule has 0 amide bonds. The third-order valence-electron chi connectivity index (χ3n) is 2.76. The van der Waals surface area contributed by atoms with E-state index in [4.69, 9.17) is 9.47 Å². The second-order valence-electron chi connectivity index (χ2n) is 4.21. The van der Waals surface area contributed by atoms with Gasteiger partial charge in [-0.3, -0.25) is 4.79 Å². The van der Waals surface area contributed by atoms with E-state index in [1.165, 1.54) is 17.1 Å². The Bertz CT molecular complexity index is 442. The summed E-state index contributed by atoms with van der Waals surface area (Å²) >= 11 is 3.88. The fourth-order valence-corrected chi connectivity index (χ4v) is 4.68. The van der Waals surface area contributed by atoms with Gasteiger partial charge in [0.1, 0.15) is 0 Å². The van der Waals surface area contributed by atoms with E-state index in [1.807, 2.05) is 48.6 Å². The van der Waals surface area contributed by atoms with Gasteiger partial charge in [-0.05, 0) is 24.1 Å². The number of esters is 1. The smallest absolute Gasteiger partial charge is 0.311 e. The van der Waals surface area contributed by atoms with E-state index in [2.05, 4.69) is 0 Å². The highest BCUT2D eigenvalue weighted by Gasteiger charge is 2.20. The molecule has 0 aromatic heterocycles. The molecule has 0 spiro atoms. The van der Waals surface area contributed by atoms with Crippen LogP contribution in [0.4, 0.5) is 0 Å². The summed E-state index contributed by atoms with van der Waals surface area (Å²) in [7, 11) is 1.60. The quantitative estimate of drug-likeness (QED) is 0.609. The maximum absolute atomic E-state index is 11.5. The zero-order valence-corrected chi connectivity index (χ0v) is 12.8. The molecule has 0 N–H and O–H groups in total. The van der Waals surface area contributed by atoms with Gasteiger partial charge in [0.05, 0.1) is 11.7 Å². The standard InChI is InChI=1S/C14H18O3S2/c1-3-4-13(15)17-11-6-5-10(9-12(11)16-2)14-18-7-8-19-14/h5-6,9,14H,3-4,7-8H2,1-2H3. The predicted molar refractivity (Wildman–Crippen MR) is 81.2 cm³/mol. The topological polar surface area (TPSA) is 35.5 Å². The molecular weight excluding hydrogens is 280 g/mol. The lowest BCUT2D eigenvalue weighted by atomic mass is 10.2. The molecule has 0 aliphatic carbocycles. The maximum Gasteiger partial charge on any atom is 0.311 e. The van der Waals surface area contributed by atoms with E-state index in [9.17, 15) is 4.79 Å². The molecule has 1 aromatic rings. The first kappa shape index (κ1) is 14.6. The van der Waals surface area contributed by atoms with Crippen LogP contribution in [0.3, 0.4) is 0 Å². The first-order chi connectivity index (χ1) is 9.24. The molecular formula is C14H18O3S2. The summed E-state index contributed by atoms with van der Waals surface area (Å²) in [6, 6.07) is 5.83. The average Bonchev–Trinajstić information content (AvgIpc) is 2.93. The van der Waals surface area contributed by atoms with Crippen molar-refractivity contribution < 1.29 is 14.3 Å². The van der Waals surface area contributed by atoms with Gasteiger partial charge in [0, 0.05) is 17.9 Å². The minimum atomic E-state index is -0.210. The highest BCUT2D eigenvalue weighted by Crippen LogP contribution is 2.46. The summed E-state index contributed by atoms with van der Waals surface area (Å²) < 4.78 is 11.1. The summed E-state index contributed by atoms with van der Waals surface area (Å²) in [6.45, 7) is 1.95. The molecule has 3 nitrogen and oxygen atoms in total. The van der Waals surface area contributed by atoms with Crippen molar-refractivity contribution in [2.75, 3.05) is 18.6 Å². The van der Waals surface area contributed by atoms with Gasteiger partial charge < -0.3 is 9.47 Å². The number of methoxy groups -OCH3 is 1. The number of thioether (sulfide) groups is 2. The number of hydrogen-bond acceptors (Lipinski definition) is 5. The second kappa shape index (κ2) is 7.10. The Morgan fingerprint density at radius 2 is 2.05 bits per heavy atom. The molecule has 1 heterocycles. The van der Waals surface area contributed by atoms with Crippen molar-refractivity contribution >= 4 is 29.5 Å². The van der Waals surface area contributed by atoms with E-state index in [0.717, 1.165) is 6.42 Å². The maximum atomic E-state index is 11.5. The molecule has 2 rings (SSSR count). The van der Waals surface area contributed by atoms with Gasteiger partial charge in [-0.15, -0.1) is 23.5 Å². The van der Waals surface area contributed by atoms with Crippen molar-refractivity contribution in [3.63, 3.8) is 0 Å². The molecule has 0 bridgehead atoms. The van der Waals surface area contributed by atoms with Gasteiger partial charge in [0.25, 0.3) is 0 Å². The van der Waals surface area contributed by atoms with Crippen molar-refractivity contribution in [1.29, 1.82) is 0 Å². The van der Waals surface area contributed by atoms with Crippen LogP contribution in [-0.4, -0.2) is 24.6 Å². The van der Waals surface area contributed by atoms with E-state index < -0.39 is 0 Å². The Morgan fingerprint density at radius 1 is 1.32 bits per heavy atom. The first-order valence-electron chi connectivity index (χ1n) is 6.36.